The summed E-state index contributed by atoms with van der Waals surface area (Å²) in [5.74, 6) is 0.726. The summed E-state index contributed by atoms with van der Waals surface area (Å²) >= 11 is 5.89. The highest BCUT2D eigenvalue weighted by Gasteiger charge is 2.09. The van der Waals surface area contributed by atoms with Gasteiger partial charge in [-0.2, -0.15) is 5.10 Å². The molecule has 0 bridgehead atoms. The van der Waals surface area contributed by atoms with Crippen molar-refractivity contribution in [3.63, 3.8) is 0 Å². The van der Waals surface area contributed by atoms with Gasteiger partial charge in [-0.1, -0.05) is 24.6 Å². The molecule has 0 saturated carbocycles. The fourth-order valence-electron chi connectivity index (χ4n) is 1.76. The highest BCUT2D eigenvalue weighted by atomic mass is 35.5. The van der Waals surface area contributed by atoms with Gasteiger partial charge in [0.15, 0.2) is 0 Å². The van der Waals surface area contributed by atoms with Crippen LogP contribution in [-0.2, 0) is 6.54 Å². The number of hydrogen-bond acceptors (Lipinski definition) is 3. The zero-order valence-corrected chi connectivity index (χ0v) is 11.7. The zero-order valence-electron chi connectivity index (χ0n) is 10.9. The number of halogens is 1. The lowest BCUT2D eigenvalue weighted by Crippen LogP contribution is -2.18. The topological polar surface area (TPSA) is 53.1 Å². The third-order valence-electron chi connectivity index (χ3n) is 2.76. The average molecular weight is 280 g/mol. The molecule has 19 heavy (non-hydrogen) atoms. The Balaban J connectivity index is 1.91. The number of nitrogens with two attached hydrogens (primary N) is 1. The molecule has 4 nitrogen and oxygen atoms in total. The van der Waals surface area contributed by atoms with Gasteiger partial charge in [-0.15, -0.1) is 0 Å². The van der Waals surface area contributed by atoms with Crippen molar-refractivity contribution in [3.8, 4) is 5.75 Å². The van der Waals surface area contributed by atoms with Crippen LogP contribution < -0.4 is 10.5 Å². The van der Waals surface area contributed by atoms with E-state index in [0.29, 0.717) is 11.6 Å². The van der Waals surface area contributed by atoms with Gasteiger partial charge in [0.2, 0.25) is 0 Å². The first-order chi connectivity index (χ1) is 9.19. The largest absolute Gasteiger partial charge is 0.492 e. The number of aryl methyl sites for hydroxylation is 1. The van der Waals surface area contributed by atoms with Gasteiger partial charge in [-0.25, -0.2) is 0 Å². The predicted octanol–water partition coefficient (Wildman–Crippen LogP) is 3.03. The van der Waals surface area contributed by atoms with Gasteiger partial charge in [0.05, 0.1) is 12.2 Å². The van der Waals surface area contributed by atoms with Gasteiger partial charge >= 0.3 is 0 Å². The van der Waals surface area contributed by atoms with Gasteiger partial charge in [-0.05, 0) is 24.6 Å². The monoisotopic (exact) mass is 279 g/mol. The molecule has 1 unspecified atom stereocenters. The van der Waals surface area contributed by atoms with Crippen molar-refractivity contribution in [2.45, 2.75) is 25.9 Å². The molecule has 0 amide bonds. The van der Waals surface area contributed by atoms with E-state index in [-0.39, 0.29) is 6.04 Å². The molecular formula is C14H18ClN3O. The van der Waals surface area contributed by atoms with Crippen molar-refractivity contribution in [1.29, 1.82) is 0 Å². The third kappa shape index (κ3) is 3.98. The van der Waals surface area contributed by atoms with Gasteiger partial charge in [0.25, 0.3) is 0 Å². The molecule has 1 atom stereocenters. The van der Waals surface area contributed by atoms with Gasteiger partial charge in [0, 0.05) is 23.3 Å². The minimum absolute atomic E-state index is 0.190. The molecule has 5 heteroatoms. The van der Waals surface area contributed by atoms with Gasteiger partial charge in [-0.3, -0.25) is 4.68 Å². The molecule has 1 heterocycles. The van der Waals surface area contributed by atoms with Crippen LogP contribution in [0.2, 0.25) is 5.02 Å². The Morgan fingerprint density at radius 3 is 3.05 bits per heavy atom. The maximum absolute atomic E-state index is 6.08. The molecular weight excluding hydrogens is 262 g/mol. The van der Waals surface area contributed by atoms with E-state index in [0.717, 1.165) is 24.3 Å². The zero-order chi connectivity index (χ0) is 13.7. The summed E-state index contributed by atoms with van der Waals surface area (Å²) in [5, 5.41) is 4.91. The summed E-state index contributed by atoms with van der Waals surface area (Å²) in [5.41, 5.74) is 7.06. The fraction of sp³-hybridized carbons (Fsp3) is 0.357. The smallest absolute Gasteiger partial charge is 0.120 e. The summed E-state index contributed by atoms with van der Waals surface area (Å²) in [6.45, 7) is 3.42. The van der Waals surface area contributed by atoms with Gasteiger partial charge in [0.1, 0.15) is 12.4 Å². The summed E-state index contributed by atoms with van der Waals surface area (Å²) in [7, 11) is 0. The first-order valence-electron chi connectivity index (χ1n) is 6.35. The molecule has 0 aliphatic rings. The first kappa shape index (κ1) is 13.9. The fourth-order valence-corrected chi connectivity index (χ4v) is 1.94. The van der Waals surface area contributed by atoms with E-state index in [9.17, 15) is 0 Å². The highest BCUT2D eigenvalue weighted by Crippen LogP contribution is 2.18. The second kappa shape index (κ2) is 6.59. The van der Waals surface area contributed by atoms with Crippen LogP contribution in [0.4, 0.5) is 0 Å². The van der Waals surface area contributed by atoms with Crippen LogP contribution in [0.5, 0.6) is 5.75 Å². The third-order valence-corrected chi connectivity index (χ3v) is 2.99. The lowest BCUT2D eigenvalue weighted by atomic mass is 10.2. The summed E-state index contributed by atoms with van der Waals surface area (Å²) in [4.78, 5) is 0. The molecule has 1 aromatic carbocycles. The Morgan fingerprint density at radius 1 is 1.47 bits per heavy atom. The number of benzene rings is 1. The van der Waals surface area contributed by atoms with Crippen LogP contribution >= 0.6 is 11.6 Å². The van der Waals surface area contributed by atoms with Crippen molar-refractivity contribution >= 4 is 11.6 Å². The van der Waals surface area contributed by atoms with E-state index in [1.54, 1.807) is 12.3 Å². The van der Waals surface area contributed by atoms with Crippen molar-refractivity contribution in [2.24, 2.45) is 5.73 Å². The Morgan fingerprint density at radius 2 is 2.32 bits per heavy atom. The van der Waals surface area contributed by atoms with Crippen molar-refractivity contribution in [1.82, 2.24) is 9.78 Å². The molecule has 0 aliphatic heterocycles. The van der Waals surface area contributed by atoms with E-state index in [1.807, 2.05) is 29.1 Å². The second-order valence-electron chi connectivity index (χ2n) is 4.41. The van der Waals surface area contributed by atoms with Crippen molar-refractivity contribution in [2.75, 3.05) is 6.61 Å². The minimum Gasteiger partial charge on any atom is -0.492 e. The van der Waals surface area contributed by atoms with Gasteiger partial charge < -0.3 is 10.5 Å². The van der Waals surface area contributed by atoms with Crippen LogP contribution in [0.15, 0.2) is 36.7 Å². The number of aromatic nitrogens is 2. The molecule has 0 aliphatic carbocycles. The summed E-state index contributed by atoms with van der Waals surface area (Å²) in [6.07, 6.45) is 4.81. The standard InChI is InChI=1S/C14H18ClN3O/c1-2-6-18-9-11(8-17-18)14(16)10-19-13-5-3-4-12(15)7-13/h3-5,7-9,14H,2,6,10,16H2,1H3. The first-order valence-corrected chi connectivity index (χ1v) is 6.73. The molecule has 2 rings (SSSR count). The number of ether oxygens (including phenoxy) is 1. The highest BCUT2D eigenvalue weighted by molar-refractivity contribution is 6.30. The molecule has 0 saturated heterocycles. The molecule has 1 aromatic heterocycles. The quantitative estimate of drug-likeness (QED) is 0.884. The van der Waals surface area contributed by atoms with E-state index in [4.69, 9.17) is 22.1 Å². The van der Waals surface area contributed by atoms with Crippen LogP contribution in [0.25, 0.3) is 0 Å². The normalized spacial score (nSPS) is 12.4. The maximum atomic E-state index is 6.08. The summed E-state index contributed by atoms with van der Waals surface area (Å²) in [6, 6.07) is 7.10. The van der Waals surface area contributed by atoms with Crippen LogP contribution in [0.1, 0.15) is 24.9 Å². The molecule has 2 N–H and O–H groups in total. The molecule has 102 valence electrons. The molecule has 2 aromatic rings. The number of hydrogen-bond donors (Lipinski definition) is 1. The SMILES string of the molecule is CCCn1cc(C(N)COc2cccc(Cl)c2)cn1. The predicted molar refractivity (Wildman–Crippen MR) is 76.4 cm³/mol. The average Bonchev–Trinajstić information content (AvgIpc) is 2.85. The van der Waals surface area contributed by atoms with Crippen LogP contribution in [-0.4, -0.2) is 16.4 Å². The Hall–Kier alpha value is -1.52. The maximum Gasteiger partial charge on any atom is 0.120 e. The van der Waals surface area contributed by atoms with Crippen molar-refractivity contribution < 1.29 is 4.74 Å². The Bertz CT molecular complexity index is 527. The number of nitrogens with zero attached hydrogens (tertiary/aromatic N) is 2. The molecule has 0 radical (unpaired) electrons. The van der Waals surface area contributed by atoms with E-state index in [2.05, 4.69) is 12.0 Å². The summed E-state index contributed by atoms with van der Waals surface area (Å²) < 4.78 is 7.52. The Labute approximate surface area is 118 Å². The van der Waals surface area contributed by atoms with Crippen LogP contribution in [0, 0.1) is 0 Å². The number of rotatable bonds is 6. The molecule has 0 fully saturated rings. The van der Waals surface area contributed by atoms with E-state index < -0.39 is 0 Å². The minimum atomic E-state index is -0.190. The van der Waals surface area contributed by atoms with Crippen LogP contribution in [0.3, 0.4) is 0 Å². The lowest BCUT2D eigenvalue weighted by molar-refractivity contribution is 0.290. The van der Waals surface area contributed by atoms with E-state index >= 15 is 0 Å². The van der Waals surface area contributed by atoms with E-state index in [1.165, 1.54) is 0 Å². The second-order valence-corrected chi connectivity index (χ2v) is 4.85. The lowest BCUT2D eigenvalue weighted by Gasteiger charge is -2.11. The molecule has 0 spiro atoms. The van der Waals surface area contributed by atoms with Crippen molar-refractivity contribution in [3.05, 3.63) is 47.2 Å². The Kier molecular flexibility index (Phi) is 4.82.